The van der Waals surface area contributed by atoms with Crippen molar-refractivity contribution in [3.8, 4) is 11.5 Å². The molecule has 0 radical (unpaired) electrons. The number of methoxy groups -OCH3 is 2. The normalized spacial score (nSPS) is 10.2. The molecule has 1 rings (SSSR count). The topological polar surface area (TPSA) is 56.5 Å². The number of benzene rings is 1. The fraction of sp³-hybridized carbons (Fsp3) is 0.500. The largest absolute Gasteiger partial charge is 0.496 e. The van der Waals surface area contributed by atoms with Crippen LogP contribution in [0.3, 0.4) is 0 Å². The molecule has 0 unspecified atom stereocenters. The second-order valence-corrected chi connectivity index (χ2v) is 3.59. The number of aryl methyl sites for hydroxylation is 1. The number of hydrogen-bond acceptors (Lipinski definition) is 4. The van der Waals surface area contributed by atoms with Crippen molar-refractivity contribution in [2.45, 2.75) is 13.3 Å². The molecule has 3 N–H and O–H groups in total. The van der Waals surface area contributed by atoms with Crippen LogP contribution >= 0.6 is 0 Å². The molecule has 0 heterocycles. The molecule has 4 nitrogen and oxygen atoms in total. The number of ether oxygens (including phenoxy) is 2. The molecule has 0 aliphatic heterocycles. The van der Waals surface area contributed by atoms with Crippen molar-refractivity contribution in [2.24, 2.45) is 5.73 Å². The Labute approximate surface area is 96.7 Å². The lowest BCUT2D eigenvalue weighted by Gasteiger charge is -2.13. The highest BCUT2D eigenvalue weighted by Crippen LogP contribution is 2.28. The third kappa shape index (κ3) is 3.12. The summed E-state index contributed by atoms with van der Waals surface area (Å²) in [5, 5.41) is 3.08. The van der Waals surface area contributed by atoms with E-state index in [0.717, 1.165) is 35.6 Å². The van der Waals surface area contributed by atoms with Crippen LogP contribution in [0.2, 0.25) is 0 Å². The van der Waals surface area contributed by atoms with Crippen LogP contribution in [0, 0.1) is 6.92 Å². The highest BCUT2D eigenvalue weighted by atomic mass is 16.5. The Bertz CT molecular complexity index is 340. The van der Waals surface area contributed by atoms with Crippen LogP contribution in [-0.2, 0) is 6.42 Å². The van der Waals surface area contributed by atoms with Gasteiger partial charge in [0.15, 0.2) is 0 Å². The summed E-state index contributed by atoms with van der Waals surface area (Å²) in [6, 6.07) is 4.02. The highest BCUT2D eigenvalue weighted by Gasteiger charge is 2.07. The summed E-state index contributed by atoms with van der Waals surface area (Å²) >= 11 is 0. The van der Waals surface area contributed by atoms with E-state index < -0.39 is 0 Å². The molecule has 0 amide bonds. The van der Waals surface area contributed by atoms with E-state index in [-0.39, 0.29) is 0 Å². The van der Waals surface area contributed by atoms with E-state index in [4.69, 9.17) is 15.2 Å². The van der Waals surface area contributed by atoms with E-state index in [1.807, 2.05) is 19.1 Å². The molecular weight excluding hydrogens is 204 g/mol. The number of nitrogens with two attached hydrogens (primary N) is 1. The fourth-order valence-electron chi connectivity index (χ4n) is 1.63. The van der Waals surface area contributed by atoms with Crippen molar-refractivity contribution in [2.75, 3.05) is 27.4 Å². The molecule has 0 saturated heterocycles. The first kappa shape index (κ1) is 12.8. The highest BCUT2D eigenvalue weighted by molar-refractivity contribution is 5.46. The first-order valence-electron chi connectivity index (χ1n) is 5.35. The van der Waals surface area contributed by atoms with Crippen LogP contribution in [0.15, 0.2) is 12.1 Å². The number of hydrogen-bond donors (Lipinski definition) is 2. The summed E-state index contributed by atoms with van der Waals surface area (Å²) in [5.41, 5.74) is 7.59. The smallest absolute Gasteiger partial charge is 0.122 e. The molecule has 0 saturated carbocycles. The van der Waals surface area contributed by atoms with Crippen LogP contribution < -0.4 is 20.5 Å². The van der Waals surface area contributed by atoms with Gasteiger partial charge in [0.25, 0.3) is 0 Å². The molecule has 0 aromatic heterocycles. The molecule has 16 heavy (non-hydrogen) atoms. The molecule has 0 bridgehead atoms. The average Bonchev–Trinajstić information content (AvgIpc) is 2.30. The second kappa shape index (κ2) is 6.35. The first-order chi connectivity index (χ1) is 7.72. The monoisotopic (exact) mass is 224 g/mol. The third-order valence-electron chi connectivity index (χ3n) is 2.51. The minimum absolute atomic E-state index is 0.491. The van der Waals surface area contributed by atoms with Gasteiger partial charge in [-0.3, -0.25) is 0 Å². The van der Waals surface area contributed by atoms with Gasteiger partial charge in [0, 0.05) is 13.2 Å². The zero-order valence-electron chi connectivity index (χ0n) is 10.2. The van der Waals surface area contributed by atoms with E-state index in [0.29, 0.717) is 6.67 Å². The van der Waals surface area contributed by atoms with Crippen LogP contribution in [-0.4, -0.2) is 27.4 Å². The zero-order valence-corrected chi connectivity index (χ0v) is 10.2. The van der Waals surface area contributed by atoms with Crippen molar-refractivity contribution in [3.05, 3.63) is 23.3 Å². The second-order valence-electron chi connectivity index (χ2n) is 3.59. The standard InChI is InChI=1S/C12H20N2O2/c1-9-6-12(16-3)10(4-5-14-8-13)7-11(9)15-2/h6-7,14H,4-5,8,13H2,1-3H3. The third-order valence-corrected chi connectivity index (χ3v) is 2.51. The van der Waals surface area contributed by atoms with Gasteiger partial charge in [0.05, 0.1) is 14.2 Å². The lowest BCUT2D eigenvalue weighted by molar-refractivity contribution is 0.396. The Kier molecular flexibility index (Phi) is 5.08. The summed E-state index contributed by atoms with van der Waals surface area (Å²) in [4.78, 5) is 0. The van der Waals surface area contributed by atoms with Crippen LogP contribution in [0.1, 0.15) is 11.1 Å². The maximum atomic E-state index is 5.38. The predicted octanol–water partition coefficient (Wildman–Crippen LogP) is 1.06. The lowest BCUT2D eigenvalue weighted by atomic mass is 10.1. The van der Waals surface area contributed by atoms with E-state index in [2.05, 4.69) is 5.32 Å². The van der Waals surface area contributed by atoms with Crippen molar-refractivity contribution < 1.29 is 9.47 Å². The fourth-order valence-corrected chi connectivity index (χ4v) is 1.63. The van der Waals surface area contributed by atoms with E-state index in [1.54, 1.807) is 14.2 Å². The Balaban J connectivity index is 2.86. The van der Waals surface area contributed by atoms with Gasteiger partial charge in [-0.1, -0.05) is 0 Å². The van der Waals surface area contributed by atoms with Gasteiger partial charge >= 0.3 is 0 Å². The molecule has 0 atom stereocenters. The Morgan fingerprint density at radius 2 is 1.88 bits per heavy atom. The lowest BCUT2D eigenvalue weighted by Crippen LogP contribution is -2.24. The van der Waals surface area contributed by atoms with E-state index >= 15 is 0 Å². The van der Waals surface area contributed by atoms with Crippen LogP contribution in [0.4, 0.5) is 0 Å². The zero-order chi connectivity index (χ0) is 12.0. The molecule has 0 fully saturated rings. The van der Waals surface area contributed by atoms with E-state index in [9.17, 15) is 0 Å². The van der Waals surface area contributed by atoms with Crippen molar-refractivity contribution in [1.29, 1.82) is 0 Å². The summed E-state index contributed by atoms with van der Waals surface area (Å²) in [5.74, 6) is 1.79. The molecule has 1 aromatic rings. The predicted molar refractivity (Wildman–Crippen MR) is 65.0 cm³/mol. The summed E-state index contributed by atoms with van der Waals surface area (Å²) in [7, 11) is 3.36. The van der Waals surface area contributed by atoms with Gasteiger partial charge in [0.1, 0.15) is 11.5 Å². The molecule has 90 valence electrons. The average molecular weight is 224 g/mol. The van der Waals surface area contributed by atoms with Gasteiger partial charge < -0.3 is 20.5 Å². The molecule has 1 aromatic carbocycles. The molecule has 4 heteroatoms. The van der Waals surface area contributed by atoms with Gasteiger partial charge in [-0.05, 0) is 36.6 Å². The van der Waals surface area contributed by atoms with Gasteiger partial charge in [-0.2, -0.15) is 0 Å². The van der Waals surface area contributed by atoms with Gasteiger partial charge in [-0.15, -0.1) is 0 Å². The van der Waals surface area contributed by atoms with Gasteiger partial charge in [0.2, 0.25) is 0 Å². The van der Waals surface area contributed by atoms with Crippen molar-refractivity contribution >= 4 is 0 Å². The van der Waals surface area contributed by atoms with Crippen molar-refractivity contribution in [1.82, 2.24) is 5.32 Å². The summed E-state index contributed by atoms with van der Waals surface area (Å²) in [6.45, 7) is 3.33. The number of rotatable bonds is 6. The van der Waals surface area contributed by atoms with Crippen LogP contribution in [0.5, 0.6) is 11.5 Å². The Morgan fingerprint density at radius 1 is 1.19 bits per heavy atom. The Hall–Kier alpha value is -1.26. The minimum Gasteiger partial charge on any atom is -0.496 e. The molecule has 0 aliphatic rings. The SMILES string of the molecule is COc1cc(CCNCN)c(OC)cc1C. The van der Waals surface area contributed by atoms with E-state index in [1.165, 1.54) is 0 Å². The molecule has 0 aliphatic carbocycles. The maximum Gasteiger partial charge on any atom is 0.122 e. The molecular formula is C12H20N2O2. The summed E-state index contributed by atoms with van der Waals surface area (Å²) in [6.07, 6.45) is 0.872. The number of nitrogens with one attached hydrogen (secondary N) is 1. The quantitative estimate of drug-likeness (QED) is 0.560. The van der Waals surface area contributed by atoms with Crippen molar-refractivity contribution in [3.63, 3.8) is 0 Å². The van der Waals surface area contributed by atoms with Crippen LogP contribution in [0.25, 0.3) is 0 Å². The Morgan fingerprint density at radius 3 is 2.44 bits per heavy atom. The summed E-state index contributed by atoms with van der Waals surface area (Å²) < 4.78 is 10.6. The molecule has 0 spiro atoms. The first-order valence-corrected chi connectivity index (χ1v) is 5.35. The minimum atomic E-state index is 0.491. The maximum absolute atomic E-state index is 5.38. The van der Waals surface area contributed by atoms with Gasteiger partial charge in [-0.25, -0.2) is 0 Å².